The minimum Gasteiger partial charge on any atom is -0.339 e. The van der Waals surface area contributed by atoms with Gasteiger partial charge in [-0.3, -0.25) is 4.79 Å². The third-order valence-corrected chi connectivity index (χ3v) is 3.33. The van der Waals surface area contributed by atoms with Gasteiger partial charge in [0.15, 0.2) is 0 Å². The average molecular weight is 182 g/mol. The van der Waals surface area contributed by atoms with Gasteiger partial charge in [0.1, 0.15) is 6.04 Å². The maximum Gasteiger partial charge on any atom is 0.241 e. The molecule has 1 saturated heterocycles. The molecule has 0 radical (unpaired) electrons. The SMILES string of the molecule is CC1CCC(CN2CC(N)C2=O)C1. The Morgan fingerprint density at radius 3 is 2.77 bits per heavy atom. The van der Waals surface area contributed by atoms with Crippen LogP contribution in [0.4, 0.5) is 0 Å². The van der Waals surface area contributed by atoms with Crippen LogP contribution in [-0.4, -0.2) is 29.9 Å². The molecule has 0 spiro atoms. The number of carbonyl (C=O) groups is 1. The predicted octanol–water partition coefficient (Wildman–Crippen LogP) is 0.592. The number of rotatable bonds is 2. The van der Waals surface area contributed by atoms with Crippen LogP contribution >= 0.6 is 0 Å². The van der Waals surface area contributed by atoms with E-state index in [-0.39, 0.29) is 11.9 Å². The zero-order valence-electron chi connectivity index (χ0n) is 8.20. The number of hydrogen-bond acceptors (Lipinski definition) is 2. The Kier molecular flexibility index (Phi) is 2.28. The van der Waals surface area contributed by atoms with E-state index in [0.29, 0.717) is 0 Å². The van der Waals surface area contributed by atoms with Gasteiger partial charge in [-0.1, -0.05) is 13.3 Å². The molecule has 0 bridgehead atoms. The van der Waals surface area contributed by atoms with E-state index in [4.69, 9.17) is 5.73 Å². The molecule has 3 atom stereocenters. The summed E-state index contributed by atoms with van der Waals surface area (Å²) in [4.78, 5) is 13.1. The summed E-state index contributed by atoms with van der Waals surface area (Å²) in [6.45, 7) is 4.03. The Hall–Kier alpha value is -0.570. The van der Waals surface area contributed by atoms with E-state index in [2.05, 4.69) is 6.92 Å². The van der Waals surface area contributed by atoms with Gasteiger partial charge in [-0.05, 0) is 24.7 Å². The van der Waals surface area contributed by atoms with Crippen molar-refractivity contribution >= 4 is 5.91 Å². The molecule has 0 aromatic carbocycles. The first-order chi connectivity index (χ1) is 6.16. The lowest BCUT2D eigenvalue weighted by molar-refractivity contribution is -0.143. The van der Waals surface area contributed by atoms with E-state index in [0.717, 1.165) is 24.9 Å². The summed E-state index contributed by atoms with van der Waals surface area (Å²) in [6.07, 6.45) is 3.91. The number of amides is 1. The van der Waals surface area contributed by atoms with Crippen LogP contribution in [0.5, 0.6) is 0 Å². The molecule has 74 valence electrons. The van der Waals surface area contributed by atoms with E-state index in [1.807, 2.05) is 4.90 Å². The minimum atomic E-state index is -0.196. The number of nitrogens with two attached hydrogens (primary N) is 1. The molecule has 1 aliphatic heterocycles. The summed E-state index contributed by atoms with van der Waals surface area (Å²) in [5.74, 6) is 1.75. The number of β-lactam (4-membered cyclic amide) rings is 1. The first-order valence-electron chi connectivity index (χ1n) is 5.21. The highest BCUT2D eigenvalue weighted by atomic mass is 16.2. The zero-order chi connectivity index (χ0) is 9.42. The summed E-state index contributed by atoms with van der Waals surface area (Å²) in [7, 11) is 0. The van der Waals surface area contributed by atoms with Crippen molar-refractivity contribution in [1.29, 1.82) is 0 Å². The maximum atomic E-state index is 11.2. The van der Waals surface area contributed by atoms with Crippen LogP contribution in [0.25, 0.3) is 0 Å². The topological polar surface area (TPSA) is 46.3 Å². The second kappa shape index (κ2) is 3.29. The van der Waals surface area contributed by atoms with Crippen molar-refractivity contribution in [2.45, 2.75) is 32.2 Å². The second-order valence-electron chi connectivity index (χ2n) is 4.63. The van der Waals surface area contributed by atoms with E-state index in [1.54, 1.807) is 0 Å². The van der Waals surface area contributed by atoms with Gasteiger partial charge < -0.3 is 10.6 Å². The van der Waals surface area contributed by atoms with Gasteiger partial charge >= 0.3 is 0 Å². The van der Waals surface area contributed by atoms with Crippen molar-refractivity contribution < 1.29 is 4.79 Å². The molecule has 0 aromatic rings. The fourth-order valence-electron chi connectivity index (χ4n) is 2.49. The zero-order valence-corrected chi connectivity index (χ0v) is 8.20. The second-order valence-corrected chi connectivity index (χ2v) is 4.63. The average Bonchev–Trinajstić information content (AvgIpc) is 2.50. The van der Waals surface area contributed by atoms with E-state index >= 15 is 0 Å². The molecule has 1 saturated carbocycles. The summed E-state index contributed by atoms with van der Waals surface area (Å²) < 4.78 is 0. The van der Waals surface area contributed by atoms with Gasteiger partial charge in [0.05, 0.1) is 0 Å². The van der Waals surface area contributed by atoms with Crippen LogP contribution in [0, 0.1) is 11.8 Å². The number of hydrogen-bond donors (Lipinski definition) is 1. The summed E-state index contributed by atoms with van der Waals surface area (Å²) in [5.41, 5.74) is 5.52. The highest BCUT2D eigenvalue weighted by molar-refractivity contribution is 5.87. The normalized spacial score (nSPS) is 39.4. The Balaban J connectivity index is 1.77. The van der Waals surface area contributed by atoms with Gasteiger partial charge in [0, 0.05) is 13.1 Å². The third kappa shape index (κ3) is 1.70. The van der Waals surface area contributed by atoms with Gasteiger partial charge in [-0.2, -0.15) is 0 Å². The molecule has 2 aliphatic rings. The lowest BCUT2D eigenvalue weighted by Crippen LogP contribution is -2.61. The van der Waals surface area contributed by atoms with E-state index in [9.17, 15) is 4.79 Å². The molecular formula is C10H18N2O. The highest BCUT2D eigenvalue weighted by Crippen LogP contribution is 2.31. The standard InChI is InChI=1S/C10H18N2O/c1-7-2-3-8(4-7)5-12-6-9(11)10(12)13/h7-9H,2-6,11H2,1H3. The molecule has 13 heavy (non-hydrogen) atoms. The monoisotopic (exact) mass is 182 g/mol. The third-order valence-electron chi connectivity index (χ3n) is 3.33. The molecule has 1 heterocycles. The number of carbonyl (C=O) groups excluding carboxylic acids is 1. The van der Waals surface area contributed by atoms with Crippen molar-refractivity contribution in [3.63, 3.8) is 0 Å². The van der Waals surface area contributed by atoms with Crippen molar-refractivity contribution in [2.24, 2.45) is 17.6 Å². The molecule has 1 aliphatic carbocycles. The van der Waals surface area contributed by atoms with Gasteiger partial charge in [-0.15, -0.1) is 0 Å². The molecule has 2 N–H and O–H groups in total. The van der Waals surface area contributed by atoms with Gasteiger partial charge in [-0.25, -0.2) is 0 Å². The smallest absolute Gasteiger partial charge is 0.241 e. The van der Waals surface area contributed by atoms with Crippen LogP contribution in [0.1, 0.15) is 26.2 Å². The lowest BCUT2D eigenvalue weighted by Gasteiger charge is -2.37. The van der Waals surface area contributed by atoms with Crippen molar-refractivity contribution in [3.05, 3.63) is 0 Å². The molecule has 3 nitrogen and oxygen atoms in total. The first-order valence-corrected chi connectivity index (χ1v) is 5.21. The Labute approximate surface area is 79.3 Å². The van der Waals surface area contributed by atoms with Gasteiger partial charge in [0.25, 0.3) is 0 Å². The number of nitrogens with zero attached hydrogens (tertiary/aromatic N) is 1. The largest absolute Gasteiger partial charge is 0.339 e. The minimum absolute atomic E-state index is 0.152. The van der Waals surface area contributed by atoms with Crippen LogP contribution in [0.3, 0.4) is 0 Å². The van der Waals surface area contributed by atoms with Crippen LogP contribution in [0.15, 0.2) is 0 Å². The Bertz CT molecular complexity index is 217. The fraction of sp³-hybridized carbons (Fsp3) is 0.900. The highest BCUT2D eigenvalue weighted by Gasteiger charge is 2.35. The predicted molar refractivity (Wildman–Crippen MR) is 51.1 cm³/mol. The summed E-state index contributed by atoms with van der Waals surface area (Å²) in [5, 5.41) is 0. The fourth-order valence-corrected chi connectivity index (χ4v) is 2.49. The quantitative estimate of drug-likeness (QED) is 0.635. The van der Waals surface area contributed by atoms with E-state index in [1.165, 1.54) is 19.3 Å². The Morgan fingerprint density at radius 2 is 2.31 bits per heavy atom. The van der Waals surface area contributed by atoms with Crippen molar-refractivity contribution in [2.75, 3.05) is 13.1 Å². The molecule has 2 fully saturated rings. The number of likely N-dealkylation sites (tertiary alicyclic amines) is 1. The molecule has 3 heteroatoms. The van der Waals surface area contributed by atoms with Crippen molar-refractivity contribution in [1.82, 2.24) is 4.90 Å². The lowest BCUT2D eigenvalue weighted by atomic mass is 10.0. The summed E-state index contributed by atoms with van der Waals surface area (Å²) in [6, 6.07) is -0.196. The Morgan fingerprint density at radius 1 is 1.54 bits per heavy atom. The molecule has 1 amide bonds. The van der Waals surface area contributed by atoms with Crippen molar-refractivity contribution in [3.8, 4) is 0 Å². The first kappa shape index (κ1) is 9.00. The van der Waals surface area contributed by atoms with Crippen LogP contribution < -0.4 is 5.73 Å². The molecule has 3 unspecified atom stereocenters. The van der Waals surface area contributed by atoms with E-state index < -0.39 is 0 Å². The van der Waals surface area contributed by atoms with Crippen LogP contribution in [0.2, 0.25) is 0 Å². The van der Waals surface area contributed by atoms with Crippen LogP contribution in [-0.2, 0) is 4.79 Å². The molecular weight excluding hydrogens is 164 g/mol. The summed E-state index contributed by atoms with van der Waals surface area (Å²) >= 11 is 0. The molecule has 0 aromatic heterocycles. The maximum absolute atomic E-state index is 11.2. The van der Waals surface area contributed by atoms with Gasteiger partial charge in [0.2, 0.25) is 5.91 Å². The molecule has 2 rings (SSSR count).